The van der Waals surface area contributed by atoms with E-state index in [1.165, 1.54) is 6.42 Å². The Morgan fingerprint density at radius 1 is 0.893 bits per heavy atom. The predicted octanol–water partition coefficient (Wildman–Crippen LogP) is 6.01. The predicted molar refractivity (Wildman–Crippen MR) is 116 cm³/mol. The number of nitrogens with one attached hydrogen (secondary N) is 1. The van der Waals surface area contributed by atoms with Crippen molar-refractivity contribution in [2.75, 3.05) is 13.2 Å². The number of hydrogen-bond acceptors (Lipinski definition) is 3. The smallest absolute Gasteiger partial charge is 0.338 e. The Morgan fingerprint density at radius 2 is 1.46 bits per heavy atom. The first kappa shape index (κ1) is 24.2. The van der Waals surface area contributed by atoms with Gasteiger partial charge in [0.25, 0.3) is 5.91 Å². The summed E-state index contributed by atoms with van der Waals surface area (Å²) in [4.78, 5) is 25.3. The molecule has 28 heavy (non-hydrogen) atoms. The largest absolute Gasteiger partial charge is 0.462 e. The molecule has 0 saturated carbocycles. The van der Waals surface area contributed by atoms with Crippen LogP contribution in [0.15, 0.2) is 24.3 Å². The first-order valence-corrected chi connectivity index (χ1v) is 11.1. The first-order chi connectivity index (χ1) is 13.6. The zero-order valence-electron chi connectivity index (χ0n) is 18.3. The lowest BCUT2D eigenvalue weighted by Crippen LogP contribution is -2.30. The molecule has 158 valence electrons. The second-order valence-electron chi connectivity index (χ2n) is 7.69. The number of carbonyl (C=O) groups is 2. The van der Waals surface area contributed by atoms with Gasteiger partial charge in [-0.3, -0.25) is 4.79 Å². The third-order valence-electron chi connectivity index (χ3n) is 5.48. The number of ether oxygens (including phenoxy) is 1. The van der Waals surface area contributed by atoms with Crippen LogP contribution in [0.3, 0.4) is 0 Å². The van der Waals surface area contributed by atoms with Crippen molar-refractivity contribution >= 4 is 11.9 Å². The zero-order chi connectivity index (χ0) is 20.8. The van der Waals surface area contributed by atoms with E-state index in [0.29, 0.717) is 36.1 Å². The van der Waals surface area contributed by atoms with E-state index in [2.05, 4.69) is 33.0 Å². The minimum atomic E-state index is -0.404. The van der Waals surface area contributed by atoms with Crippen molar-refractivity contribution in [3.05, 3.63) is 35.4 Å². The van der Waals surface area contributed by atoms with Crippen molar-refractivity contribution in [3.63, 3.8) is 0 Å². The molecule has 0 spiro atoms. The maximum absolute atomic E-state index is 12.7. The van der Waals surface area contributed by atoms with Gasteiger partial charge in [-0.15, -0.1) is 0 Å². The van der Waals surface area contributed by atoms with Gasteiger partial charge in [-0.2, -0.15) is 0 Å². The minimum Gasteiger partial charge on any atom is -0.462 e. The quantitative estimate of drug-likeness (QED) is 0.397. The van der Waals surface area contributed by atoms with Gasteiger partial charge in [0.2, 0.25) is 0 Å². The number of rotatable bonds is 14. The van der Waals surface area contributed by atoms with Gasteiger partial charge in [-0.1, -0.05) is 78.4 Å². The molecule has 1 amide bonds. The molecule has 0 aliphatic carbocycles. The van der Waals surface area contributed by atoms with E-state index < -0.39 is 5.97 Å². The summed E-state index contributed by atoms with van der Waals surface area (Å²) in [6, 6.07) is 6.94. The van der Waals surface area contributed by atoms with E-state index in [9.17, 15) is 9.59 Å². The maximum Gasteiger partial charge on any atom is 0.338 e. The topological polar surface area (TPSA) is 55.4 Å². The van der Waals surface area contributed by atoms with Crippen molar-refractivity contribution in [3.8, 4) is 0 Å². The van der Waals surface area contributed by atoms with Gasteiger partial charge in [0.15, 0.2) is 0 Å². The number of unbranched alkanes of at least 4 members (excludes halogenated alkanes) is 2. The van der Waals surface area contributed by atoms with Crippen LogP contribution in [-0.2, 0) is 4.74 Å². The zero-order valence-corrected chi connectivity index (χ0v) is 18.3. The standard InChI is InChI=1S/C24H39NO3/c1-5-9-13-19(7-3)17-25-23(26)21-15-11-12-16-22(21)24(27)28-18-20(8-4)14-10-6-2/h11-12,15-16,19-20H,5-10,13-14,17-18H2,1-4H3,(H,25,26). The highest BCUT2D eigenvalue weighted by molar-refractivity contribution is 6.05. The summed E-state index contributed by atoms with van der Waals surface area (Å²) in [6.45, 7) is 9.68. The van der Waals surface area contributed by atoms with Crippen LogP contribution in [0, 0.1) is 11.8 Å². The highest BCUT2D eigenvalue weighted by atomic mass is 16.5. The summed E-state index contributed by atoms with van der Waals surface area (Å²) >= 11 is 0. The maximum atomic E-state index is 12.7. The van der Waals surface area contributed by atoms with Crippen LogP contribution in [0.5, 0.6) is 0 Å². The fourth-order valence-electron chi connectivity index (χ4n) is 3.30. The molecule has 1 aromatic carbocycles. The van der Waals surface area contributed by atoms with Crippen molar-refractivity contribution in [2.24, 2.45) is 11.8 Å². The van der Waals surface area contributed by atoms with Crippen molar-refractivity contribution in [1.82, 2.24) is 5.32 Å². The molecule has 1 aromatic rings. The molecule has 1 rings (SSSR count). The van der Waals surface area contributed by atoms with Gasteiger partial charge in [0, 0.05) is 6.54 Å². The van der Waals surface area contributed by atoms with E-state index in [-0.39, 0.29) is 5.91 Å². The Balaban J connectivity index is 2.69. The monoisotopic (exact) mass is 389 g/mol. The lowest BCUT2D eigenvalue weighted by atomic mass is 9.99. The van der Waals surface area contributed by atoms with Crippen molar-refractivity contribution in [2.45, 2.75) is 79.1 Å². The van der Waals surface area contributed by atoms with Crippen LogP contribution < -0.4 is 5.32 Å². The van der Waals surface area contributed by atoms with Gasteiger partial charge in [0.1, 0.15) is 0 Å². The van der Waals surface area contributed by atoms with Gasteiger partial charge >= 0.3 is 5.97 Å². The molecule has 1 N–H and O–H groups in total. The minimum absolute atomic E-state index is 0.194. The molecule has 0 bridgehead atoms. The van der Waals surface area contributed by atoms with Crippen LogP contribution >= 0.6 is 0 Å². The van der Waals surface area contributed by atoms with Gasteiger partial charge in [-0.05, 0) is 36.8 Å². The Morgan fingerprint density at radius 3 is 2.04 bits per heavy atom. The van der Waals surface area contributed by atoms with Crippen LogP contribution in [0.2, 0.25) is 0 Å². The number of hydrogen-bond donors (Lipinski definition) is 1. The van der Waals surface area contributed by atoms with Gasteiger partial charge in [0.05, 0.1) is 17.7 Å². The highest BCUT2D eigenvalue weighted by Crippen LogP contribution is 2.16. The van der Waals surface area contributed by atoms with E-state index >= 15 is 0 Å². The lowest BCUT2D eigenvalue weighted by Gasteiger charge is -2.17. The fourth-order valence-corrected chi connectivity index (χ4v) is 3.30. The normalized spacial score (nSPS) is 13.0. The highest BCUT2D eigenvalue weighted by Gasteiger charge is 2.19. The molecular weight excluding hydrogens is 350 g/mol. The average Bonchev–Trinajstić information content (AvgIpc) is 2.73. The van der Waals surface area contributed by atoms with E-state index in [1.807, 2.05) is 0 Å². The Kier molecular flexibility index (Phi) is 12.3. The Bertz CT molecular complexity index is 534. The van der Waals surface area contributed by atoms with Crippen molar-refractivity contribution < 1.29 is 14.3 Å². The molecule has 0 aliphatic heterocycles. The summed E-state index contributed by atoms with van der Waals surface area (Å²) in [6.07, 6.45) is 8.84. The summed E-state index contributed by atoms with van der Waals surface area (Å²) < 4.78 is 5.55. The van der Waals surface area contributed by atoms with Crippen LogP contribution in [0.4, 0.5) is 0 Å². The second kappa shape index (κ2) is 14.2. The van der Waals surface area contributed by atoms with E-state index in [0.717, 1.165) is 44.9 Å². The average molecular weight is 390 g/mol. The molecule has 2 unspecified atom stereocenters. The number of amides is 1. The summed E-state index contributed by atoms with van der Waals surface area (Å²) in [5.74, 6) is 0.264. The molecule has 0 fully saturated rings. The third kappa shape index (κ3) is 8.45. The van der Waals surface area contributed by atoms with Gasteiger partial charge < -0.3 is 10.1 Å². The van der Waals surface area contributed by atoms with Crippen LogP contribution in [0.25, 0.3) is 0 Å². The number of carbonyl (C=O) groups excluding carboxylic acids is 2. The molecule has 0 aromatic heterocycles. The third-order valence-corrected chi connectivity index (χ3v) is 5.48. The molecule has 4 nitrogen and oxygen atoms in total. The second-order valence-corrected chi connectivity index (χ2v) is 7.69. The van der Waals surface area contributed by atoms with Crippen LogP contribution in [-0.4, -0.2) is 25.0 Å². The number of esters is 1. The van der Waals surface area contributed by atoms with Crippen LogP contribution in [0.1, 0.15) is 99.8 Å². The molecule has 4 heteroatoms. The molecule has 0 heterocycles. The molecule has 2 atom stereocenters. The van der Waals surface area contributed by atoms with Crippen molar-refractivity contribution in [1.29, 1.82) is 0 Å². The van der Waals surface area contributed by atoms with E-state index in [4.69, 9.17) is 4.74 Å². The molecular formula is C24H39NO3. The molecule has 0 saturated heterocycles. The number of benzene rings is 1. The lowest BCUT2D eigenvalue weighted by molar-refractivity contribution is 0.0425. The fraction of sp³-hybridized carbons (Fsp3) is 0.667. The first-order valence-electron chi connectivity index (χ1n) is 11.1. The molecule has 0 aliphatic rings. The Hall–Kier alpha value is -1.84. The summed E-state index contributed by atoms with van der Waals surface area (Å²) in [7, 11) is 0. The Labute approximate surface area is 171 Å². The van der Waals surface area contributed by atoms with Gasteiger partial charge in [-0.25, -0.2) is 4.79 Å². The summed E-state index contributed by atoms with van der Waals surface area (Å²) in [5, 5.41) is 3.01. The SMILES string of the molecule is CCCCC(CC)CNC(=O)c1ccccc1C(=O)OCC(CC)CCCC. The van der Waals surface area contributed by atoms with E-state index in [1.54, 1.807) is 24.3 Å². The summed E-state index contributed by atoms with van der Waals surface area (Å²) in [5.41, 5.74) is 0.756. The molecule has 0 radical (unpaired) electrons.